The van der Waals surface area contributed by atoms with E-state index in [0.717, 1.165) is 31.2 Å². The topological polar surface area (TPSA) is 38.3 Å². The minimum absolute atomic E-state index is 0.0828. The Morgan fingerprint density at radius 3 is 3.00 bits per heavy atom. The van der Waals surface area contributed by atoms with Gasteiger partial charge in [-0.2, -0.15) is 0 Å². The van der Waals surface area contributed by atoms with Crippen LogP contribution in [0.3, 0.4) is 0 Å². The van der Waals surface area contributed by atoms with Gasteiger partial charge in [0.05, 0.1) is 12.5 Å². The Hall–Kier alpha value is -0.0900. The van der Waals surface area contributed by atoms with Gasteiger partial charge >= 0.3 is 0 Å². The minimum atomic E-state index is 0.0828. The summed E-state index contributed by atoms with van der Waals surface area (Å²) in [6.07, 6.45) is 2.86. The van der Waals surface area contributed by atoms with Crippen LogP contribution < -0.4 is 5.32 Å². The molecule has 1 amide bonds. The number of rotatable bonds is 5. The van der Waals surface area contributed by atoms with Gasteiger partial charge in [-0.1, -0.05) is 22.9 Å². The maximum absolute atomic E-state index is 11.7. The molecular formula is C10H18BrNO2. The fraction of sp³-hybridized carbons (Fsp3) is 0.900. The van der Waals surface area contributed by atoms with E-state index in [1.165, 1.54) is 0 Å². The molecule has 0 aliphatic carbocycles. The average molecular weight is 264 g/mol. The van der Waals surface area contributed by atoms with E-state index < -0.39 is 0 Å². The zero-order valence-corrected chi connectivity index (χ0v) is 10.2. The highest BCUT2D eigenvalue weighted by atomic mass is 79.9. The molecule has 1 N–H and O–H groups in total. The van der Waals surface area contributed by atoms with Crippen molar-refractivity contribution >= 4 is 21.8 Å². The van der Waals surface area contributed by atoms with Crippen LogP contribution in [0.5, 0.6) is 0 Å². The third-order valence-electron chi connectivity index (χ3n) is 2.60. The second-order valence-electron chi connectivity index (χ2n) is 3.65. The van der Waals surface area contributed by atoms with Crippen LogP contribution in [-0.4, -0.2) is 30.5 Å². The molecular weight excluding hydrogens is 246 g/mol. The summed E-state index contributed by atoms with van der Waals surface area (Å²) in [6, 6.07) is 0.308. The highest BCUT2D eigenvalue weighted by Gasteiger charge is 2.24. The normalized spacial score (nSPS) is 23.4. The number of hydrogen-bond donors (Lipinski definition) is 1. The highest BCUT2D eigenvalue weighted by Crippen LogP contribution is 2.13. The zero-order valence-electron chi connectivity index (χ0n) is 8.59. The summed E-state index contributed by atoms with van der Waals surface area (Å²) in [5.74, 6) is 0.245. The Labute approximate surface area is 93.7 Å². The van der Waals surface area contributed by atoms with Crippen LogP contribution in [-0.2, 0) is 9.53 Å². The Kier molecular flexibility index (Phi) is 5.48. The van der Waals surface area contributed by atoms with E-state index in [2.05, 4.69) is 28.2 Å². The van der Waals surface area contributed by atoms with Gasteiger partial charge in [-0.25, -0.2) is 0 Å². The molecule has 0 saturated carbocycles. The van der Waals surface area contributed by atoms with Crippen molar-refractivity contribution in [3.05, 3.63) is 0 Å². The molecule has 0 bridgehead atoms. The first-order chi connectivity index (χ1) is 6.77. The number of amides is 1. The maximum atomic E-state index is 11.7. The zero-order chi connectivity index (χ0) is 10.4. The number of alkyl halides is 1. The molecule has 2 unspecified atom stereocenters. The molecule has 0 aromatic carbocycles. The van der Waals surface area contributed by atoms with E-state index in [1.54, 1.807) is 0 Å². The predicted octanol–water partition coefficient (Wildman–Crippen LogP) is 1.70. The summed E-state index contributed by atoms with van der Waals surface area (Å²) in [6.45, 7) is 3.42. The molecule has 1 aliphatic rings. The van der Waals surface area contributed by atoms with Crippen molar-refractivity contribution in [1.82, 2.24) is 5.32 Å². The monoisotopic (exact) mass is 263 g/mol. The van der Waals surface area contributed by atoms with Gasteiger partial charge in [-0.3, -0.25) is 4.79 Å². The predicted molar refractivity (Wildman–Crippen MR) is 59.6 cm³/mol. The van der Waals surface area contributed by atoms with Gasteiger partial charge in [0.25, 0.3) is 0 Å². The largest absolute Gasteiger partial charge is 0.381 e. The van der Waals surface area contributed by atoms with Crippen LogP contribution in [0.4, 0.5) is 0 Å². The van der Waals surface area contributed by atoms with Crippen LogP contribution in [0.2, 0.25) is 0 Å². The second kappa shape index (κ2) is 6.40. The Morgan fingerprint density at radius 1 is 1.71 bits per heavy atom. The van der Waals surface area contributed by atoms with Crippen LogP contribution in [0, 0.1) is 5.92 Å². The summed E-state index contributed by atoms with van der Waals surface area (Å²) in [7, 11) is 0. The van der Waals surface area contributed by atoms with Crippen molar-refractivity contribution in [2.75, 3.05) is 18.5 Å². The van der Waals surface area contributed by atoms with Crippen molar-refractivity contribution in [3.63, 3.8) is 0 Å². The van der Waals surface area contributed by atoms with Crippen LogP contribution in [0.25, 0.3) is 0 Å². The van der Waals surface area contributed by atoms with Gasteiger partial charge in [-0.05, 0) is 19.3 Å². The Morgan fingerprint density at radius 2 is 2.50 bits per heavy atom. The first kappa shape index (κ1) is 12.0. The Balaban J connectivity index is 2.29. The molecule has 2 atom stereocenters. The molecule has 1 rings (SSSR count). The first-order valence-electron chi connectivity index (χ1n) is 5.22. The molecule has 1 saturated heterocycles. The van der Waals surface area contributed by atoms with Gasteiger partial charge in [0.2, 0.25) is 5.91 Å². The van der Waals surface area contributed by atoms with Gasteiger partial charge in [0, 0.05) is 18.0 Å². The van der Waals surface area contributed by atoms with Crippen molar-refractivity contribution in [1.29, 1.82) is 0 Å². The molecule has 1 fully saturated rings. The van der Waals surface area contributed by atoms with E-state index in [-0.39, 0.29) is 11.8 Å². The molecule has 0 aromatic rings. The van der Waals surface area contributed by atoms with Gasteiger partial charge in [-0.15, -0.1) is 0 Å². The molecule has 14 heavy (non-hydrogen) atoms. The van der Waals surface area contributed by atoms with E-state index in [4.69, 9.17) is 4.74 Å². The average Bonchev–Trinajstić information content (AvgIpc) is 2.69. The van der Waals surface area contributed by atoms with E-state index in [1.807, 2.05) is 0 Å². The minimum Gasteiger partial charge on any atom is -0.381 e. The van der Waals surface area contributed by atoms with Gasteiger partial charge < -0.3 is 10.1 Å². The fourth-order valence-corrected chi connectivity index (χ4v) is 2.12. The number of halogens is 1. The summed E-state index contributed by atoms with van der Waals surface area (Å²) >= 11 is 3.39. The lowest BCUT2D eigenvalue weighted by Gasteiger charge is -2.17. The van der Waals surface area contributed by atoms with Gasteiger partial charge in [0.1, 0.15) is 0 Å². The number of carbonyl (C=O) groups excluding carboxylic acids is 1. The first-order valence-corrected chi connectivity index (χ1v) is 6.34. The lowest BCUT2D eigenvalue weighted by molar-refractivity contribution is -0.125. The smallest absolute Gasteiger partial charge is 0.225 e. The van der Waals surface area contributed by atoms with Crippen molar-refractivity contribution < 1.29 is 9.53 Å². The molecule has 1 heterocycles. The maximum Gasteiger partial charge on any atom is 0.225 e. The van der Waals surface area contributed by atoms with E-state index in [0.29, 0.717) is 12.6 Å². The second-order valence-corrected chi connectivity index (χ2v) is 4.44. The quantitative estimate of drug-likeness (QED) is 0.767. The summed E-state index contributed by atoms with van der Waals surface area (Å²) in [5, 5.41) is 4.00. The van der Waals surface area contributed by atoms with Crippen LogP contribution in [0.15, 0.2) is 0 Å². The molecule has 0 radical (unpaired) electrons. The lowest BCUT2D eigenvalue weighted by atomic mass is 10.1. The van der Waals surface area contributed by atoms with Gasteiger partial charge in [0.15, 0.2) is 0 Å². The summed E-state index contributed by atoms with van der Waals surface area (Å²) in [5.41, 5.74) is 0. The molecule has 4 heteroatoms. The number of hydrogen-bond acceptors (Lipinski definition) is 2. The lowest BCUT2D eigenvalue weighted by Crippen LogP contribution is -2.39. The third kappa shape index (κ3) is 3.58. The van der Waals surface area contributed by atoms with Crippen molar-refractivity contribution in [2.24, 2.45) is 5.92 Å². The summed E-state index contributed by atoms with van der Waals surface area (Å²) in [4.78, 5) is 11.7. The highest BCUT2D eigenvalue weighted by molar-refractivity contribution is 9.09. The molecule has 0 aromatic heterocycles. The molecule has 0 spiro atoms. The third-order valence-corrected chi connectivity index (χ3v) is 3.06. The SMILES string of the molecule is CCC(CCBr)NC(=O)C1CCOC1. The van der Waals surface area contributed by atoms with Crippen molar-refractivity contribution in [2.45, 2.75) is 32.2 Å². The number of nitrogens with one attached hydrogen (secondary N) is 1. The van der Waals surface area contributed by atoms with E-state index in [9.17, 15) is 4.79 Å². The standard InChI is InChI=1S/C10H18BrNO2/c1-2-9(3-5-11)12-10(13)8-4-6-14-7-8/h8-9H,2-7H2,1H3,(H,12,13). The molecule has 1 aliphatic heterocycles. The number of ether oxygens (including phenoxy) is 1. The summed E-state index contributed by atoms with van der Waals surface area (Å²) < 4.78 is 5.18. The molecule has 82 valence electrons. The van der Waals surface area contributed by atoms with Crippen molar-refractivity contribution in [3.8, 4) is 0 Å². The van der Waals surface area contributed by atoms with Crippen LogP contribution in [0.1, 0.15) is 26.2 Å². The Bertz CT molecular complexity index is 181. The van der Waals surface area contributed by atoms with Crippen LogP contribution >= 0.6 is 15.9 Å². The number of carbonyl (C=O) groups is 1. The van der Waals surface area contributed by atoms with E-state index >= 15 is 0 Å². The fourth-order valence-electron chi connectivity index (χ4n) is 1.57. The molecule has 3 nitrogen and oxygen atoms in total.